The topological polar surface area (TPSA) is 38.8 Å². The molecule has 0 amide bonds. The summed E-state index contributed by atoms with van der Waals surface area (Å²) in [4.78, 5) is 11.1. The molecule has 1 fully saturated rings. The highest BCUT2D eigenvalue weighted by atomic mass is 16.6. The summed E-state index contributed by atoms with van der Waals surface area (Å²) in [5.74, 6) is -0.0974. The largest absolute Gasteiger partial charge is 0.460 e. The number of epoxide rings is 1. The number of hydrogen-bond donors (Lipinski definition) is 0. The standard InChI is InChI=1S/C9H16O3/c1-3-4-5-9(10)12-7(2)8-6-11-8/h7-8H,3-6H2,1-2H3. The molecule has 0 aromatic rings. The molecule has 0 aliphatic carbocycles. The summed E-state index contributed by atoms with van der Waals surface area (Å²) in [5, 5.41) is 0. The van der Waals surface area contributed by atoms with Gasteiger partial charge >= 0.3 is 5.97 Å². The number of unbranched alkanes of at least 4 members (excludes halogenated alkanes) is 1. The first-order chi connectivity index (χ1) is 5.74. The number of carbonyl (C=O) groups is 1. The molecule has 2 atom stereocenters. The second-order valence-electron chi connectivity index (χ2n) is 3.17. The molecule has 12 heavy (non-hydrogen) atoms. The highest BCUT2D eigenvalue weighted by Gasteiger charge is 2.31. The molecule has 1 rings (SSSR count). The molecule has 0 saturated carbocycles. The van der Waals surface area contributed by atoms with E-state index in [0.717, 1.165) is 19.4 Å². The maximum absolute atomic E-state index is 11.1. The van der Waals surface area contributed by atoms with E-state index in [-0.39, 0.29) is 18.2 Å². The first-order valence-corrected chi connectivity index (χ1v) is 4.55. The van der Waals surface area contributed by atoms with Crippen LogP contribution in [0.15, 0.2) is 0 Å². The molecule has 0 bridgehead atoms. The fourth-order valence-corrected chi connectivity index (χ4v) is 0.990. The van der Waals surface area contributed by atoms with Crippen molar-refractivity contribution in [3.05, 3.63) is 0 Å². The van der Waals surface area contributed by atoms with E-state index in [4.69, 9.17) is 9.47 Å². The van der Waals surface area contributed by atoms with E-state index in [1.807, 2.05) is 6.92 Å². The van der Waals surface area contributed by atoms with Gasteiger partial charge in [0.25, 0.3) is 0 Å². The molecule has 0 N–H and O–H groups in total. The fraction of sp³-hybridized carbons (Fsp3) is 0.889. The Labute approximate surface area is 73.0 Å². The van der Waals surface area contributed by atoms with Crippen molar-refractivity contribution in [1.29, 1.82) is 0 Å². The molecular weight excluding hydrogens is 156 g/mol. The number of esters is 1. The van der Waals surface area contributed by atoms with Crippen molar-refractivity contribution in [2.24, 2.45) is 0 Å². The van der Waals surface area contributed by atoms with Gasteiger partial charge in [-0.1, -0.05) is 13.3 Å². The van der Waals surface area contributed by atoms with E-state index in [2.05, 4.69) is 6.92 Å². The van der Waals surface area contributed by atoms with Crippen LogP contribution >= 0.6 is 0 Å². The van der Waals surface area contributed by atoms with Crippen LogP contribution in [0.25, 0.3) is 0 Å². The lowest BCUT2D eigenvalue weighted by atomic mass is 10.2. The van der Waals surface area contributed by atoms with Gasteiger partial charge in [-0.05, 0) is 13.3 Å². The summed E-state index contributed by atoms with van der Waals surface area (Å²) in [6, 6.07) is 0. The maximum Gasteiger partial charge on any atom is 0.306 e. The zero-order chi connectivity index (χ0) is 8.97. The van der Waals surface area contributed by atoms with Gasteiger partial charge in [-0.15, -0.1) is 0 Å². The Balaban J connectivity index is 2.07. The molecule has 0 spiro atoms. The third-order valence-electron chi connectivity index (χ3n) is 1.93. The van der Waals surface area contributed by atoms with E-state index >= 15 is 0 Å². The van der Waals surface area contributed by atoms with Gasteiger partial charge in [0.2, 0.25) is 0 Å². The predicted octanol–water partition coefficient (Wildman–Crippen LogP) is 1.51. The summed E-state index contributed by atoms with van der Waals surface area (Å²) in [6.45, 7) is 4.67. The molecule has 2 unspecified atom stereocenters. The summed E-state index contributed by atoms with van der Waals surface area (Å²) in [6.07, 6.45) is 2.58. The number of ether oxygens (including phenoxy) is 2. The Bertz CT molecular complexity index is 152. The van der Waals surface area contributed by atoms with Crippen LogP contribution in [0.3, 0.4) is 0 Å². The lowest BCUT2D eigenvalue weighted by Gasteiger charge is -2.09. The number of carbonyl (C=O) groups excluding carboxylic acids is 1. The van der Waals surface area contributed by atoms with Crippen molar-refractivity contribution in [3.8, 4) is 0 Å². The van der Waals surface area contributed by atoms with Gasteiger partial charge in [-0.2, -0.15) is 0 Å². The summed E-state index contributed by atoms with van der Waals surface area (Å²) in [7, 11) is 0. The molecule has 3 nitrogen and oxygen atoms in total. The minimum atomic E-state index is -0.0974. The van der Waals surface area contributed by atoms with Gasteiger partial charge in [0.15, 0.2) is 0 Å². The van der Waals surface area contributed by atoms with Crippen LogP contribution < -0.4 is 0 Å². The quantitative estimate of drug-likeness (QED) is 0.466. The molecular formula is C9H16O3. The SMILES string of the molecule is CCCCC(=O)OC(C)C1CO1. The van der Waals surface area contributed by atoms with Crippen LogP contribution in [-0.4, -0.2) is 24.8 Å². The monoisotopic (exact) mass is 172 g/mol. The first kappa shape index (κ1) is 9.52. The second-order valence-corrected chi connectivity index (χ2v) is 3.17. The Hall–Kier alpha value is -0.570. The van der Waals surface area contributed by atoms with Crippen molar-refractivity contribution in [2.75, 3.05) is 6.61 Å². The van der Waals surface area contributed by atoms with Crippen molar-refractivity contribution >= 4 is 5.97 Å². The minimum Gasteiger partial charge on any atom is -0.460 e. The van der Waals surface area contributed by atoms with E-state index in [0.29, 0.717) is 6.42 Å². The van der Waals surface area contributed by atoms with Crippen LogP contribution in [0.2, 0.25) is 0 Å². The molecule has 0 aromatic carbocycles. The van der Waals surface area contributed by atoms with Crippen LogP contribution in [0.4, 0.5) is 0 Å². The lowest BCUT2D eigenvalue weighted by molar-refractivity contribution is -0.149. The zero-order valence-corrected chi connectivity index (χ0v) is 7.71. The highest BCUT2D eigenvalue weighted by Crippen LogP contribution is 2.17. The summed E-state index contributed by atoms with van der Waals surface area (Å²) >= 11 is 0. The Morgan fingerprint density at radius 1 is 1.75 bits per heavy atom. The Kier molecular flexibility index (Phi) is 3.53. The summed E-state index contributed by atoms with van der Waals surface area (Å²) in [5.41, 5.74) is 0. The highest BCUT2D eigenvalue weighted by molar-refractivity contribution is 5.69. The van der Waals surface area contributed by atoms with Gasteiger partial charge in [-0.3, -0.25) is 4.79 Å². The van der Waals surface area contributed by atoms with Gasteiger partial charge in [0, 0.05) is 6.42 Å². The van der Waals surface area contributed by atoms with E-state index in [1.165, 1.54) is 0 Å². The smallest absolute Gasteiger partial charge is 0.306 e. The second kappa shape index (κ2) is 4.45. The normalized spacial score (nSPS) is 23.3. The third-order valence-corrected chi connectivity index (χ3v) is 1.93. The van der Waals surface area contributed by atoms with Gasteiger partial charge < -0.3 is 9.47 Å². The van der Waals surface area contributed by atoms with Crippen LogP contribution in [0, 0.1) is 0 Å². The molecule has 70 valence electrons. The van der Waals surface area contributed by atoms with Crippen molar-refractivity contribution < 1.29 is 14.3 Å². The Morgan fingerprint density at radius 3 is 2.92 bits per heavy atom. The van der Waals surface area contributed by atoms with Crippen LogP contribution in [-0.2, 0) is 14.3 Å². The first-order valence-electron chi connectivity index (χ1n) is 4.55. The van der Waals surface area contributed by atoms with Gasteiger partial charge in [-0.25, -0.2) is 0 Å². The number of rotatable bonds is 5. The molecule has 1 aliphatic heterocycles. The van der Waals surface area contributed by atoms with Crippen molar-refractivity contribution in [3.63, 3.8) is 0 Å². The molecule has 1 heterocycles. The average molecular weight is 172 g/mol. The molecule has 3 heteroatoms. The van der Waals surface area contributed by atoms with E-state index < -0.39 is 0 Å². The predicted molar refractivity (Wildman–Crippen MR) is 44.8 cm³/mol. The van der Waals surface area contributed by atoms with Crippen molar-refractivity contribution in [2.45, 2.75) is 45.3 Å². The maximum atomic E-state index is 11.1. The third kappa shape index (κ3) is 3.22. The zero-order valence-electron chi connectivity index (χ0n) is 7.71. The average Bonchev–Trinajstić information content (AvgIpc) is 2.82. The Morgan fingerprint density at radius 2 is 2.42 bits per heavy atom. The van der Waals surface area contributed by atoms with Crippen molar-refractivity contribution in [1.82, 2.24) is 0 Å². The van der Waals surface area contributed by atoms with E-state index in [1.54, 1.807) is 0 Å². The molecule has 0 aromatic heterocycles. The molecule has 1 aliphatic rings. The number of hydrogen-bond acceptors (Lipinski definition) is 3. The summed E-state index contributed by atoms with van der Waals surface area (Å²) < 4.78 is 10.1. The van der Waals surface area contributed by atoms with E-state index in [9.17, 15) is 4.79 Å². The van der Waals surface area contributed by atoms with Crippen LogP contribution in [0.5, 0.6) is 0 Å². The lowest BCUT2D eigenvalue weighted by Crippen LogP contribution is -2.19. The van der Waals surface area contributed by atoms with Crippen LogP contribution in [0.1, 0.15) is 33.1 Å². The fourth-order valence-electron chi connectivity index (χ4n) is 0.990. The minimum absolute atomic E-state index is 0.0608. The van der Waals surface area contributed by atoms with Gasteiger partial charge in [0.05, 0.1) is 6.61 Å². The molecule has 0 radical (unpaired) electrons. The van der Waals surface area contributed by atoms with Gasteiger partial charge in [0.1, 0.15) is 12.2 Å². The molecule has 1 saturated heterocycles.